The van der Waals surface area contributed by atoms with Gasteiger partial charge in [0, 0.05) is 12.1 Å². The molecule has 15 heavy (non-hydrogen) atoms. The highest BCUT2D eigenvalue weighted by Gasteiger charge is 2.21. The largest absolute Gasteiger partial charge is 0.396 e. The van der Waals surface area contributed by atoms with Crippen LogP contribution in [0, 0.1) is 0 Å². The zero-order valence-corrected chi connectivity index (χ0v) is 10.1. The van der Waals surface area contributed by atoms with Crippen LogP contribution in [0.5, 0.6) is 0 Å². The lowest BCUT2D eigenvalue weighted by Gasteiger charge is -2.34. The summed E-state index contributed by atoms with van der Waals surface area (Å²) in [7, 11) is 0. The van der Waals surface area contributed by atoms with Gasteiger partial charge >= 0.3 is 0 Å². The smallest absolute Gasteiger partial charge is 0.231 e. The summed E-state index contributed by atoms with van der Waals surface area (Å²) < 4.78 is 0. The molecule has 0 saturated carbocycles. The topological polar surface area (TPSA) is 66.6 Å². The Balaban J connectivity index is 3.97. The summed E-state index contributed by atoms with van der Waals surface area (Å²) in [5, 5.41) is 8.65. The molecule has 0 radical (unpaired) electrons. The van der Waals surface area contributed by atoms with E-state index in [1.54, 1.807) is 0 Å². The molecular formula is C11H24N2O2. The molecule has 3 N–H and O–H groups in total. The number of carbonyl (C=O) groups excluding carboxylic acids is 1. The van der Waals surface area contributed by atoms with Gasteiger partial charge in [-0.2, -0.15) is 0 Å². The summed E-state index contributed by atoms with van der Waals surface area (Å²) in [6, 6.07) is 0. The maximum atomic E-state index is 10.9. The first kappa shape index (κ1) is 14.4. The van der Waals surface area contributed by atoms with Crippen molar-refractivity contribution >= 4 is 5.91 Å². The number of hydrogen-bond acceptors (Lipinski definition) is 3. The SMILES string of the molecule is CC(C)(C)N(CCCCCO)CC(N)=O. The lowest BCUT2D eigenvalue weighted by molar-refractivity contribution is -0.120. The Kier molecular flexibility index (Phi) is 6.52. The highest BCUT2D eigenvalue weighted by Crippen LogP contribution is 2.13. The van der Waals surface area contributed by atoms with Crippen molar-refractivity contribution in [2.24, 2.45) is 5.73 Å². The maximum absolute atomic E-state index is 10.9. The third-order valence-corrected chi connectivity index (χ3v) is 2.38. The summed E-state index contributed by atoms with van der Waals surface area (Å²) in [5.74, 6) is -0.285. The molecule has 0 saturated heterocycles. The highest BCUT2D eigenvalue weighted by atomic mass is 16.2. The Morgan fingerprint density at radius 2 is 1.87 bits per heavy atom. The number of nitrogens with zero attached hydrogens (tertiary/aromatic N) is 1. The lowest BCUT2D eigenvalue weighted by Crippen LogP contribution is -2.46. The van der Waals surface area contributed by atoms with Crippen molar-refractivity contribution < 1.29 is 9.90 Å². The van der Waals surface area contributed by atoms with Gasteiger partial charge in [-0.15, -0.1) is 0 Å². The van der Waals surface area contributed by atoms with Crippen molar-refractivity contribution in [2.75, 3.05) is 19.7 Å². The van der Waals surface area contributed by atoms with Gasteiger partial charge < -0.3 is 10.8 Å². The fraction of sp³-hybridized carbons (Fsp3) is 0.909. The van der Waals surface area contributed by atoms with Crippen LogP contribution in [0.1, 0.15) is 40.0 Å². The van der Waals surface area contributed by atoms with Crippen molar-refractivity contribution in [2.45, 2.75) is 45.6 Å². The van der Waals surface area contributed by atoms with E-state index in [0.717, 1.165) is 25.8 Å². The van der Waals surface area contributed by atoms with Crippen molar-refractivity contribution in [1.29, 1.82) is 0 Å². The van der Waals surface area contributed by atoms with Crippen LogP contribution in [0.3, 0.4) is 0 Å². The van der Waals surface area contributed by atoms with Gasteiger partial charge in [0.2, 0.25) is 5.91 Å². The molecular weight excluding hydrogens is 192 g/mol. The molecule has 0 fully saturated rings. The van der Waals surface area contributed by atoms with E-state index in [4.69, 9.17) is 10.8 Å². The average molecular weight is 216 g/mol. The molecule has 0 atom stereocenters. The lowest BCUT2D eigenvalue weighted by atomic mass is 10.1. The number of amides is 1. The minimum atomic E-state index is -0.285. The molecule has 0 aliphatic heterocycles. The second kappa shape index (κ2) is 6.80. The Bertz CT molecular complexity index is 188. The Hall–Kier alpha value is -0.610. The number of hydrogen-bond donors (Lipinski definition) is 2. The highest BCUT2D eigenvalue weighted by molar-refractivity contribution is 5.76. The second-order valence-electron chi connectivity index (χ2n) is 4.84. The van der Waals surface area contributed by atoms with Crippen LogP contribution in [0.2, 0.25) is 0 Å². The quantitative estimate of drug-likeness (QED) is 0.617. The Labute approximate surface area is 92.4 Å². The predicted octanol–water partition coefficient (Wildman–Crippen LogP) is 0.735. The molecule has 0 spiro atoms. The first-order valence-electron chi connectivity index (χ1n) is 5.52. The van der Waals surface area contributed by atoms with Gasteiger partial charge in [-0.1, -0.05) is 0 Å². The number of aliphatic hydroxyl groups excluding tert-OH is 1. The molecule has 0 aromatic carbocycles. The van der Waals surface area contributed by atoms with Gasteiger partial charge in [0.1, 0.15) is 0 Å². The molecule has 0 aliphatic rings. The summed E-state index contributed by atoms with van der Waals surface area (Å²) >= 11 is 0. The van der Waals surface area contributed by atoms with Crippen molar-refractivity contribution in [3.05, 3.63) is 0 Å². The van der Waals surface area contributed by atoms with Crippen LogP contribution in [0.15, 0.2) is 0 Å². The molecule has 4 heteroatoms. The van der Waals surface area contributed by atoms with E-state index in [-0.39, 0.29) is 18.1 Å². The van der Waals surface area contributed by atoms with Crippen LogP contribution in [-0.2, 0) is 4.79 Å². The van der Waals surface area contributed by atoms with Gasteiger partial charge in [-0.25, -0.2) is 0 Å². The monoisotopic (exact) mass is 216 g/mol. The van der Waals surface area contributed by atoms with Gasteiger partial charge in [-0.05, 0) is 46.6 Å². The molecule has 0 aliphatic carbocycles. The molecule has 0 bridgehead atoms. The molecule has 0 aromatic rings. The van der Waals surface area contributed by atoms with E-state index in [9.17, 15) is 4.79 Å². The first-order valence-corrected chi connectivity index (χ1v) is 5.52. The third kappa shape index (κ3) is 7.33. The van der Waals surface area contributed by atoms with Crippen LogP contribution < -0.4 is 5.73 Å². The number of rotatable bonds is 7. The van der Waals surface area contributed by atoms with E-state index in [1.807, 2.05) is 0 Å². The van der Waals surface area contributed by atoms with Gasteiger partial charge in [-0.3, -0.25) is 9.69 Å². The normalized spacial score (nSPS) is 12.1. The molecule has 4 nitrogen and oxygen atoms in total. The fourth-order valence-electron chi connectivity index (χ4n) is 1.43. The fourth-order valence-corrected chi connectivity index (χ4v) is 1.43. The molecule has 0 heterocycles. The Morgan fingerprint density at radius 1 is 1.27 bits per heavy atom. The molecule has 0 rings (SSSR count). The van der Waals surface area contributed by atoms with Gasteiger partial charge in [0.15, 0.2) is 0 Å². The molecule has 90 valence electrons. The number of nitrogens with two attached hydrogens (primary N) is 1. The number of primary amides is 1. The maximum Gasteiger partial charge on any atom is 0.231 e. The third-order valence-electron chi connectivity index (χ3n) is 2.38. The van der Waals surface area contributed by atoms with Gasteiger partial charge in [0.25, 0.3) is 0 Å². The van der Waals surface area contributed by atoms with Crippen LogP contribution in [0.4, 0.5) is 0 Å². The van der Waals surface area contributed by atoms with Gasteiger partial charge in [0.05, 0.1) is 6.54 Å². The summed E-state index contributed by atoms with van der Waals surface area (Å²) in [4.78, 5) is 13.0. The number of carbonyl (C=O) groups is 1. The summed E-state index contributed by atoms with van der Waals surface area (Å²) in [5.41, 5.74) is 5.17. The van der Waals surface area contributed by atoms with E-state index in [1.165, 1.54) is 0 Å². The summed E-state index contributed by atoms with van der Waals surface area (Å²) in [6.07, 6.45) is 2.81. The van der Waals surface area contributed by atoms with Crippen molar-refractivity contribution in [1.82, 2.24) is 4.90 Å². The zero-order chi connectivity index (χ0) is 11.9. The molecule has 0 unspecified atom stereocenters. The van der Waals surface area contributed by atoms with E-state index in [2.05, 4.69) is 25.7 Å². The first-order chi connectivity index (χ1) is 6.88. The minimum absolute atomic E-state index is 0.0335. The number of unbranched alkanes of at least 4 members (excludes halogenated alkanes) is 2. The van der Waals surface area contributed by atoms with E-state index in [0.29, 0.717) is 6.54 Å². The van der Waals surface area contributed by atoms with E-state index >= 15 is 0 Å². The van der Waals surface area contributed by atoms with Crippen molar-refractivity contribution in [3.8, 4) is 0 Å². The van der Waals surface area contributed by atoms with Crippen LogP contribution in [-0.4, -0.2) is 41.1 Å². The molecule has 1 amide bonds. The minimum Gasteiger partial charge on any atom is -0.396 e. The van der Waals surface area contributed by atoms with Crippen LogP contribution in [0.25, 0.3) is 0 Å². The Morgan fingerprint density at radius 3 is 2.27 bits per heavy atom. The second-order valence-corrected chi connectivity index (χ2v) is 4.84. The summed E-state index contributed by atoms with van der Waals surface area (Å²) in [6.45, 7) is 7.62. The number of aliphatic hydroxyl groups is 1. The van der Waals surface area contributed by atoms with E-state index < -0.39 is 0 Å². The van der Waals surface area contributed by atoms with Crippen molar-refractivity contribution in [3.63, 3.8) is 0 Å². The standard InChI is InChI=1S/C11H24N2O2/c1-11(2,3)13(9-10(12)15)7-5-4-6-8-14/h14H,4-9H2,1-3H3,(H2,12,15). The molecule has 0 aromatic heterocycles. The predicted molar refractivity (Wildman–Crippen MR) is 61.5 cm³/mol. The average Bonchev–Trinajstić information content (AvgIpc) is 2.08. The zero-order valence-electron chi connectivity index (χ0n) is 10.1. The van der Waals surface area contributed by atoms with Crippen LogP contribution >= 0.6 is 0 Å².